The molecule has 0 amide bonds. The molecule has 3 aromatic rings. The lowest BCUT2D eigenvalue weighted by Crippen LogP contribution is -2.29. The summed E-state index contributed by atoms with van der Waals surface area (Å²) < 4.78 is 1.42. The Morgan fingerprint density at radius 3 is 2.57 bits per heavy atom. The summed E-state index contributed by atoms with van der Waals surface area (Å²) in [7, 11) is 0. The monoisotopic (exact) mass is 285 g/mol. The molecule has 3 heterocycles. The van der Waals surface area contributed by atoms with Crippen LogP contribution >= 0.6 is 0 Å². The van der Waals surface area contributed by atoms with Crippen LogP contribution in [0.5, 0.6) is 0 Å². The molecule has 0 aliphatic rings. The first-order valence-corrected chi connectivity index (χ1v) is 6.68. The van der Waals surface area contributed by atoms with Crippen molar-refractivity contribution >= 4 is 11.2 Å². The molecule has 2 N–H and O–H groups in total. The Morgan fingerprint density at radius 2 is 1.90 bits per heavy atom. The number of pyridine rings is 1. The number of H-pyrrole nitrogens is 2. The zero-order valence-electron chi connectivity index (χ0n) is 12.0. The van der Waals surface area contributed by atoms with Crippen molar-refractivity contribution in [1.82, 2.24) is 24.5 Å². The van der Waals surface area contributed by atoms with E-state index in [2.05, 4.69) is 19.9 Å². The van der Waals surface area contributed by atoms with Gasteiger partial charge in [0.25, 0.3) is 5.56 Å². The molecule has 3 aromatic heterocycles. The predicted octanol–water partition coefficient (Wildman–Crippen LogP) is 1.11. The van der Waals surface area contributed by atoms with Crippen molar-refractivity contribution in [3.05, 3.63) is 44.4 Å². The number of hydrogen-bond donors (Lipinski definition) is 2. The molecule has 7 heteroatoms. The fourth-order valence-electron chi connectivity index (χ4n) is 2.40. The minimum absolute atomic E-state index is 0.298. The van der Waals surface area contributed by atoms with E-state index in [0.29, 0.717) is 23.5 Å². The van der Waals surface area contributed by atoms with Gasteiger partial charge in [0.15, 0.2) is 5.65 Å². The number of aromatic nitrogens is 5. The number of nitrogens with one attached hydrogen (secondary N) is 2. The maximum absolute atomic E-state index is 11.9. The Labute approximate surface area is 119 Å². The average Bonchev–Trinajstić information content (AvgIpc) is 2.84. The van der Waals surface area contributed by atoms with Gasteiger partial charge in [0, 0.05) is 23.5 Å². The normalized spacial score (nSPS) is 11.2. The summed E-state index contributed by atoms with van der Waals surface area (Å²) in [6.07, 6.45) is 0. The smallest absolute Gasteiger partial charge is 0.330 e. The molecule has 3 rings (SSSR count). The number of rotatable bonds is 2. The minimum atomic E-state index is -0.462. The van der Waals surface area contributed by atoms with Gasteiger partial charge in [-0.25, -0.2) is 9.78 Å². The molecule has 0 atom stereocenters. The Balaban J connectivity index is 2.33. The second-order valence-corrected chi connectivity index (χ2v) is 4.87. The molecular weight excluding hydrogens is 270 g/mol. The van der Waals surface area contributed by atoms with Crippen LogP contribution in [0.25, 0.3) is 22.6 Å². The second kappa shape index (κ2) is 4.69. The molecule has 0 bridgehead atoms. The zero-order chi connectivity index (χ0) is 15.1. The molecule has 108 valence electrons. The van der Waals surface area contributed by atoms with Crippen molar-refractivity contribution < 1.29 is 0 Å². The highest BCUT2D eigenvalue weighted by molar-refractivity contribution is 5.75. The molecule has 21 heavy (non-hydrogen) atoms. The second-order valence-electron chi connectivity index (χ2n) is 4.87. The lowest BCUT2D eigenvalue weighted by Gasteiger charge is -2.02. The van der Waals surface area contributed by atoms with Crippen LogP contribution in [0, 0.1) is 13.8 Å². The molecular formula is C14H15N5O2. The quantitative estimate of drug-likeness (QED) is 0.737. The van der Waals surface area contributed by atoms with E-state index in [4.69, 9.17) is 0 Å². The number of fused-ring (bicyclic) bond motifs is 1. The topological polar surface area (TPSA) is 96.4 Å². The predicted molar refractivity (Wildman–Crippen MR) is 79.4 cm³/mol. The fourth-order valence-corrected chi connectivity index (χ4v) is 2.40. The van der Waals surface area contributed by atoms with Crippen LogP contribution in [-0.2, 0) is 6.54 Å². The van der Waals surface area contributed by atoms with E-state index in [9.17, 15) is 9.59 Å². The number of aryl methyl sites for hydroxylation is 3. The molecule has 7 nitrogen and oxygen atoms in total. The van der Waals surface area contributed by atoms with Crippen molar-refractivity contribution in [2.75, 3.05) is 0 Å². The Hall–Kier alpha value is -2.70. The largest absolute Gasteiger partial charge is 0.332 e. The average molecular weight is 285 g/mol. The summed E-state index contributed by atoms with van der Waals surface area (Å²) in [5.74, 6) is 0.535. The van der Waals surface area contributed by atoms with Gasteiger partial charge in [-0.2, -0.15) is 0 Å². The van der Waals surface area contributed by atoms with Crippen molar-refractivity contribution in [3.63, 3.8) is 0 Å². The van der Waals surface area contributed by atoms with Crippen molar-refractivity contribution in [1.29, 1.82) is 0 Å². The first-order chi connectivity index (χ1) is 10.0. The lowest BCUT2D eigenvalue weighted by molar-refractivity contribution is 0.720. The summed E-state index contributed by atoms with van der Waals surface area (Å²) in [4.78, 5) is 37.8. The Bertz CT molecular complexity index is 948. The molecule has 0 radical (unpaired) electrons. The molecule has 0 unspecified atom stereocenters. The lowest BCUT2D eigenvalue weighted by atomic mass is 10.2. The van der Waals surface area contributed by atoms with Gasteiger partial charge in [0.2, 0.25) is 0 Å². The molecule has 0 saturated carbocycles. The van der Waals surface area contributed by atoms with Gasteiger partial charge in [0.05, 0.1) is 0 Å². The van der Waals surface area contributed by atoms with Crippen LogP contribution in [-0.4, -0.2) is 24.5 Å². The van der Waals surface area contributed by atoms with E-state index < -0.39 is 11.2 Å². The van der Waals surface area contributed by atoms with Gasteiger partial charge in [-0.05, 0) is 32.9 Å². The van der Waals surface area contributed by atoms with E-state index in [-0.39, 0.29) is 0 Å². The number of imidazole rings is 1. The molecule has 0 fully saturated rings. The first-order valence-electron chi connectivity index (χ1n) is 6.68. The van der Waals surface area contributed by atoms with Gasteiger partial charge in [0.1, 0.15) is 11.3 Å². The molecule has 0 spiro atoms. The highest BCUT2D eigenvalue weighted by Gasteiger charge is 2.14. The maximum atomic E-state index is 11.9. The fraction of sp³-hybridized carbons (Fsp3) is 0.286. The molecule has 0 aliphatic heterocycles. The van der Waals surface area contributed by atoms with Crippen LogP contribution < -0.4 is 11.2 Å². The summed E-state index contributed by atoms with van der Waals surface area (Å²) in [5, 5.41) is 0. The summed E-state index contributed by atoms with van der Waals surface area (Å²) in [5.41, 5.74) is 2.29. The Kier molecular flexibility index (Phi) is 2.97. The van der Waals surface area contributed by atoms with Gasteiger partial charge >= 0.3 is 5.69 Å². The van der Waals surface area contributed by atoms with Gasteiger partial charge < -0.3 is 4.98 Å². The van der Waals surface area contributed by atoms with Crippen molar-refractivity contribution in [3.8, 4) is 11.4 Å². The van der Waals surface area contributed by atoms with E-state index >= 15 is 0 Å². The zero-order valence-corrected chi connectivity index (χ0v) is 12.0. The van der Waals surface area contributed by atoms with Crippen LogP contribution in [0.4, 0.5) is 0 Å². The number of nitrogens with zero attached hydrogens (tertiary/aromatic N) is 3. The maximum Gasteiger partial charge on any atom is 0.330 e. The van der Waals surface area contributed by atoms with Gasteiger partial charge in [-0.1, -0.05) is 0 Å². The SMILES string of the molecule is CCn1c(=O)[nH]c(=O)c2[nH]c(-c3ccc(C)nc3C)nc21. The van der Waals surface area contributed by atoms with Crippen LogP contribution in [0.3, 0.4) is 0 Å². The summed E-state index contributed by atoms with van der Waals surface area (Å²) in [6.45, 7) is 6.05. The van der Waals surface area contributed by atoms with Crippen LogP contribution in [0.2, 0.25) is 0 Å². The van der Waals surface area contributed by atoms with Crippen LogP contribution in [0.1, 0.15) is 18.3 Å². The van der Waals surface area contributed by atoms with Crippen molar-refractivity contribution in [2.45, 2.75) is 27.3 Å². The highest BCUT2D eigenvalue weighted by Crippen LogP contribution is 2.21. The van der Waals surface area contributed by atoms with Gasteiger partial charge in [-0.15, -0.1) is 0 Å². The molecule has 0 aromatic carbocycles. The third-order valence-corrected chi connectivity index (χ3v) is 3.43. The number of aromatic amines is 2. The van der Waals surface area contributed by atoms with Crippen LogP contribution in [0.15, 0.2) is 21.7 Å². The third-order valence-electron chi connectivity index (χ3n) is 3.43. The first kappa shape index (κ1) is 13.3. The minimum Gasteiger partial charge on any atom is -0.332 e. The molecule has 0 aliphatic carbocycles. The van der Waals surface area contributed by atoms with E-state index in [1.807, 2.05) is 32.9 Å². The van der Waals surface area contributed by atoms with E-state index in [1.165, 1.54) is 4.57 Å². The van der Waals surface area contributed by atoms with E-state index in [1.54, 1.807) is 0 Å². The number of hydrogen-bond acceptors (Lipinski definition) is 4. The summed E-state index contributed by atoms with van der Waals surface area (Å²) in [6, 6.07) is 3.78. The Morgan fingerprint density at radius 1 is 1.14 bits per heavy atom. The van der Waals surface area contributed by atoms with Gasteiger partial charge in [-0.3, -0.25) is 19.3 Å². The standard InChI is InChI=1S/C14H15N5O2/c1-4-19-12-10(13(20)18-14(19)21)16-11(17-12)9-6-5-7(2)15-8(9)3/h5-6H,4H2,1-3H3,(H,16,17)(H,18,20,21). The molecule has 0 saturated heterocycles. The van der Waals surface area contributed by atoms with E-state index in [0.717, 1.165) is 17.0 Å². The summed E-state index contributed by atoms with van der Waals surface area (Å²) >= 11 is 0. The highest BCUT2D eigenvalue weighted by atomic mass is 16.2. The third kappa shape index (κ3) is 2.06. The van der Waals surface area contributed by atoms with Crippen molar-refractivity contribution in [2.24, 2.45) is 0 Å².